The molecule has 3 aliphatic rings. The third-order valence-corrected chi connectivity index (χ3v) is 5.92. The number of carbonyl (C=O) groups excluding carboxylic acids is 1. The number of aryl methyl sites for hydroxylation is 1. The average molecular weight is 346 g/mol. The van der Waals surface area contributed by atoms with Crippen molar-refractivity contribution in [3.63, 3.8) is 0 Å². The maximum atomic E-state index is 12.1. The van der Waals surface area contributed by atoms with Gasteiger partial charge in [0.15, 0.2) is 0 Å². The minimum absolute atomic E-state index is 0.0473. The number of amides is 2. The van der Waals surface area contributed by atoms with E-state index in [1.54, 1.807) is 0 Å². The summed E-state index contributed by atoms with van der Waals surface area (Å²) in [4.78, 5) is 14.7. The van der Waals surface area contributed by atoms with Gasteiger partial charge in [-0.2, -0.15) is 0 Å². The van der Waals surface area contributed by atoms with Crippen LogP contribution in [0.2, 0.25) is 0 Å². The van der Waals surface area contributed by atoms with Crippen LogP contribution in [0, 0.1) is 5.92 Å². The molecule has 0 bridgehead atoms. The summed E-state index contributed by atoms with van der Waals surface area (Å²) >= 11 is 0. The van der Waals surface area contributed by atoms with Gasteiger partial charge in [-0.1, -0.05) is 12.8 Å². The molecule has 7 heteroatoms. The van der Waals surface area contributed by atoms with Crippen molar-refractivity contribution in [2.45, 2.75) is 64.0 Å². The molecule has 1 aromatic rings. The van der Waals surface area contributed by atoms with E-state index in [0.29, 0.717) is 12.6 Å². The number of nitrogens with one attached hydrogen (secondary N) is 2. The molecule has 2 fully saturated rings. The lowest BCUT2D eigenvalue weighted by atomic mass is 10.1. The van der Waals surface area contributed by atoms with Crippen molar-refractivity contribution in [2.75, 3.05) is 26.2 Å². The molecule has 2 N–H and O–H groups in total. The molecular formula is C18H30N6O. The van der Waals surface area contributed by atoms with Crippen LogP contribution in [0.5, 0.6) is 0 Å². The first kappa shape index (κ1) is 16.8. The zero-order valence-electron chi connectivity index (χ0n) is 15.0. The quantitative estimate of drug-likeness (QED) is 0.815. The second kappa shape index (κ2) is 7.72. The molecule has 3 heterocycles. The van der Waals surface area contributed by atoms with E-state index in [1.807, 2.05) is 0 Å². The predicted octanol–water partition coefficient (Wildman–Crippen LogP) is 1.33. The van der Waals surface area contributed by atoms with Crippen molar-refractivity contribution in [2.24, 2.45) is 5.92 Å². The summed E-state index contributed by atoms with van der Waals surface area (Å²) in [6.07, 6.45) is 9.58. The molecule has 1 aliphatic carbocycles. The monoisotopic (exact) mass is 346 g/mol. The molecule has 2 aliphatic heterocycles. The van der Waals surface area contributed by atoms with Gasteiger partial charge < -0.3 is 20.1 Å². The second-order valence-electron chi connectivity index (χ2n) is 7.83. The Morgan fingerprint density at radius 2 is 2.00 bits per heavy atom. The second-order valence-corrected chi connectivity index (χ2v) is 7.83. The molecule has 1 saturated heterocycles. The number of carbonyl (C=O) groups is 1. The fraction of sp³-hybridized carbons (Fsp3) is 0.833. The number of likely N-dealkylation sites (tertiary alicyclic amines) is 1. The van der Waals surface area contributed by atoms with Crippen LogP contribution in [0.1, 0.15) is 50.2 Å². The van der Waals surface area contributed by atoms with Crippen LogP contribution in [0.25, 0.3) is 0 Å². The Balaban J connectivity index is 1.14. The molecule has 2 amide bonds. The first-order chi connectivity index (χ1) is 12.3. The Morgan fingerprint density at radius 1 is 1.12 bits per heavy atom. The molecule has 4 rings (SSSR count). The molecule has 25 heavy (non-hydrogen) atoms. The molecule has 1 atom stereocenters. The third kappa shape index (κ3) is 4.14. The first-order valence-corrected chi connectivity index (χ1v) is 9.95. The van der Waals surface area contributed by atoms with Crippen molar-refractivity contribution in [3.05, 3.63) is 11.6 Å². The van der Waals surface area contributed by atoms with Crippen LogP contribution in [0.4, 0.5) is 4.79 Å². The highest BCUT2D eigenvalue weighted by molar-refractivity contribution is 5.74. The van der Waals surface area contributed by atoms with E-state index in [2.05, 4.69) is 30.3 Å². The van der Waals surface area contributed by atoms with E-state index in [4.69, 9.17) is 0 Å². The number of hydrogen-bond acceptors (Lipinski definition) is 4. The SMILES string of the molecule is O=C(NCCc1nnc2n1CCC2)NC1CCN(CC2CCCC2)C1. The predicted molar refractivity (Wildman–Crippen MR) is 95.4 cm³/mol. The summed E-state index contributed by atoms with van der Waals surface area (Å²) in [5, 5.41) is 14.5. The van der Waals surface area contributed by atoms with Gasteiger partial charge in [0.25, 0.3) is 0 Å². The van der Waals surface area contributed by atoms with E-state index in [0.717, 1.165) is 62.9 Å². The molecule has 0 aromatic carbocycles. The number of aromatic nitrogens is 3. The summed E-state index contributed by atoms with van der Waals surface area (Å²) in [6, 6.07) is 0.243. The molecule has 1 aromatic heterocycles. The van der Waals surface area contributed by atoms with Gasteiger partial charge in [0, 0.05) is 51.6 Å². The number of fused-ring (bicyclic) bond motifs is 1. The van der Waals surface area contributed by atoms with Gasteiger partial charge in [-0.25, -0.2) is 4.79 Å². The Hall–Kier alpha value is -1.63. The summed E-state index contributed by atoms with van der Waals surface area (Å²) in [5.74, 6) is 2.97. The van der Waals surface area contributed by atoms with Crippen LogP contribution in [-0.2, 0) is 19.4 Å². The fourth-order valence-corrected chi connectivity index (χ4v) is 4.59. The van der Waals surface area contributed by atoms with Crippen molar-refractivity contribution in [1.29, 1.82) is 0 Å². The highest BCUT2D eigenvalue weighted by Gasteiger charge is 2.27. The standard InChI is InChI=1S/C18H30N6O/c25-18(19-9-7-17-22-21-16-6-3-10-24(16)17)20-15-8-11-23(13-15)12-14-4-1-2-5-14/h14-15H,1-13H2,(H2,19,20,25). The van der Waals surface area contributed by atoms with Crippen molar-refractivity contribution in [3.8, 4) is 0 Å². The fourth-order valence-electron chi connectivity index (χ4n) is 4.59. The van der Waals surface area contributed by atoms with E-state index in [-0.39, 0.29) is 6.03 Å². The summed E-state index contributed by atoms with van der Waals surface area (Å²) in [5.41, 5.74) is 0. The molecule has 138 valence electrons. The van der Waals surface area contributed by atoms with Gasteiger partial charge in [-0.15, -0.1) is 10.2 Å². The van der Waals surface area contributed by atoms with Gasteiger partial charge in [-0.05, 0) is 31.6 Å². The Kier molecular flexibility index (Phi) is 5.20. The largest absolute Gasteiger partial charge is 0.338 e. The zero-order chi connectivity index (χ0) is 17.1. The lowest BCUT2D eigenvalue weighted by Gasteiger charge is -2.20. The number of rotatable bonds is 6. The highest BCUT2D eigenvalue weighted by Crippen LogP contribution is 2.26. The minimum Gasteiger partial charge on any atom is -0.338 e. The lowest BCUT2D eigenvalue weighted by Crippen LogP contribution is -2.44. The van der Waals surface area contributed by atoms with Gasteiger partial charge in [0.1, 0.15) is 11.6 Å². The van der Waals surface area contributed by atoms with E-state index in [1.165, 1.54) is 32.2 Å². The molecule has 0 radical (unpaired) electrons. The lowest BCUT2D eigenvalue weighted by molar-refractivity contribution is 0.234. The maximum Gasteiger partial charge on any atom is 0.315 e. The van der Waals surface area contributed by atoms with Crippen LogP contribution in [-0.4, -0.2) is 57.9 Å². The normalized spacial score (nSPS) is 23.9. The van der Waals surface area contributed by atoms with Crippen LogP contribution in [0.15, 0.2) is 0 Å². The van der Waals surface area contributed by atoms with Gasteiger partial charge in [-0.3, -0.25) is 0 Å². The van der Waals surface area contributed by atoms with Crippen LogP contribution < -0.4 is 10.6 Å². The van der Waals surface area contributed by atoms with Crippen molar-refractivity contribution in [1.82, 2.24) is 30.3 Å². The topological polar surface area (TPSA) is 75.1 Å². The first-order valence-electron chi connectivity index (χ1n) is 9.95. The van der Waals surface area contributed by atoms with E-state index < -0.39 is 0 Å². The van der Waals surface area contributed by atoms with Gasteiger partial charge in [0.05, 0.1) is 0 Å². The summed E-state index contributed by atoms with van der Waals surface area (Å²) in [6.45, 7) is 4.97. The van der Waals surface area contributed by atoms with Crippen LogP contribution in [0.3, 0.4) is 0 Å². The average Bonchev–Trinajstić information content (AvgIpc) is 3.34. The third-order valence-electron chi connectivity index (χ3n) is 5.92. The van der Waals surface area contributed by atoms with E-state index >= 15 is 0 Å². The number of hydrogen-bond donors (Lipinski definition) is 2. The Morgan fingerprint density at radius 3 is 2.88 bits per heavy atom. The molecule has 7 nitrogen and oxygen atoms in total. The highest BCUT2D eigenvalue weighted by atomic mass is 16.2. The van der Waals surface area contributed by atoms with Crippen molar-refractivity contribution < 1.29 is 4.79 Å². The number of urea groups is 1. The van der Waals surface area contributed by atoms with E-state index in [9.17, 15) is 4.79 Å². The smallest absolute Gasteiger partial charge is 0.315 e. The van der Waals surface area contributed by atoms with Gasteiger partial charge >= 0.3 is 6.03 Å². The van der Waals surface area contributed by atoms with Crippen LogP contribution >= 0.6 is 0 Å². The molecule has 1 unspecified atom stereocenters. The number of nitrogens with zero attached hydrogens (tertiary/aromatic N) is 4. The molecule has 0 spiro atoms. The minimum atomic E-state index is -0.0473. The maximum absolute atomic E-state index is 12.1. The molecular weight excluding hydrogens is 316 g/mol. The Labute approximate surface area is 149 Å². The Bertz CT molecular complexity index is 594. The summed E-state index contributed by atoms with van der Waals surface area (Å²) in [7, 11) is 0. The van der Waals surface area contributed by atoms with Gasteiger partial charge in [0.2, 0.25) is 0 Å². The van der Waals surface area contributed by atoms with Crippen molar-refractivity contribution >= 4 is 6.03 Å². The molecule has 1 saturated carbocycles. The summed E-state index contributed by atoms with van der Waals surface area (Å²) < 4.78 is 2.19. The zero-order valence-corrected chi connectivity index (χ0v) is 15.0.